The number of aromatic nitrogens is 1. The molecular weight excluding hydrogens is 376 g/mol. The van der Waals surface area contributed by atoms with Crippen molar-refractivity contribution < 1.29 is 14.3 Å². The first-order valence-electron chi connectivity index (χ1n) is 8.97. The molecule has 0 bridgehead atoms. The maximum absolute atomic E-state index is 12.8. The molecule has 0 amide bonds. The molecule has 0 aliphatic carbocycles. The van der Waals surface area contributed by atoms with Gasteiger partial charge in [-0.1, -0.05) is 29.8 Å². The van der Waals surface area contributed by atoms with Crippen LogP contribution in [0.4, 0.5) is 5.69 Å². The number of ketones is 1. The number of hydrogen-bond donors (Lipinski definition) is 1. The first-order valence-corrected chi connectivity index (χ1v) is 9.35. The summed E-state index contributed by atoms with van der Waals surface area (Å²) in [6.07, 6.45) is 1.49. The average molecular weight is 395 g/mol. The maximum Gasteiger partial charge on any atom is 0.278 e. The Morgan fingerprint density at radius 2 is 1.89 bits per heavy atom. The molecule has 0 spiro atoms. The molecule has 0 saturated carbocycles. The number of ether oxygens (including phenoxy) is 2. The molecule has 1 N–H and O–H groups in total. The minimum Gasteiger partial charge on any atom is -0.331 e. The van der Waals surface area contributed by atoms with Crippen LogP contribution in [0.2, 0.25) is 5.02 Å². The van der Waals surface area contributed by atoms with Crippen LogP contribution in [0.1, 0.15) is 28.5 Å². The van der Waals surface area contributed by atoms with Crippen LogP contribution in [0, 0.1) is 0 Å². The molecule has 3 aromatic rings. The molecule has 28 heavy (non-hydrogen) atoms. The second kappa shape index (κ2) is 7.72. The van der Waals surface area contributed by atoms with E-state index in [-0.39, 0.29) is 11.9 Å². The van der Waals surface area contributed by atoms with Gasteiger partial charge in [0.15, 0.2) is 0 Å². The number of nitrogens with one attached hydrogen (secondary N) is 1. The third-order valence-corrected chi connectivity index (χ3v) is 4.70. The van der Waals surface area contributed by atoms with Gasteiger partial charge in [0.1, 0.15) is 5.69 Å². The van der Waals surface area contributed by atoms with E-state index in [0.717, 1.165) is 5.69 Å². The fraction of sp³-hybridized carbons (Fsp3) is 0.182. The Morgan fingerprint density at radius 1 is 1.14 bits per heavy atom. The third-order valence-electron chi connectivity index (χ3n) is 4.45. The van der Waals surface area contributed by atoms with Crippen molar-refractivity contribution in [3.63, 3.8) is 0 Å². The predicted octanol–water partition coefficient (Wildman–Crippen LogP) is 4.62. The van der Waals surface area contributed by atoms with Crippen molar-refractivity contribution in [1.29, 1.82) is 0 Å². The molecule has 4 rings (SSSR count). The number of anilines is 1. The Labute approximate surface area is 168 Å². The highest BCUT2D eigenvalue weighted by atomic mass is 35.5. The highest BCUT2D eigenvalue weighted by Crippen LogP contribution is 2.35. The second-order valence-electron chi connectivity index (χ2n) is 6.61. The van der Waals surface area contributed by atoms with Crippen LogP contribution < -0.4 is 5.32 Å². The zero-order valence-corrected chi connectivity index (χ0v) is 16.0. The number of hydrogen-bond acceptors (Lipinski definition) is 5. The van der Waals surface area contributed by atoms with Gasteiger partial charge < -0.3 is 14.8 Å². The number of rotatable bonds is 5. The molecule has 1 aromatic heterocycles. The molecule has 6 heteroatoms. The van der Waals surface area contributed by atoms with Gasteiger partial charge in [0.25, 0.3) is 5.91 Å². The lowest BCUT2D eigenvalue weighted by atomic mass is 10.0. The fourth-order valence-corrected chi connectivity index (χ4v) is 3.22. The summed E-state index contributed by atoms with van der Waals surface area (Å²) in [5.41, 5.74) is 2.34. The topological polar surface area (TPSA) is 60.5 Å². The Morgan fingerprint density at radius 3 is 2.57 bits per heavy atom. The molecule has 2 aromatic carbocycles. The van der Waals surface area contributed by atoms with E-state index in [4.69, 9.17) is 21.1 Å². The van der Waals surface area contributed by atoms with Crippen molar-refractivity contribution in [1.82, 2.24) is 4.98 Å². The smallest absolute Gasteiger partial charge is 0.278 e. The molecule has 1 saturated heterocycles. The fourth-order valence-electron chi connectivity index (χ4n) is 3.10. The summed E-state index contributed by atoms with van der Waals surface area (Å²) in [5.74, 6) is -1.38. The predicted molar refractivity (Wildman–Crippen MR) is 107 cm³/mol. The maximum atomic E-state index is 12.8. The Bertz CT molecular complexity index is 979. The highest BCUT2D eigenvalue weighted by molar-refractivity contribution is 6.30. The van der Waals surface area contributed by atoms with Gasteiger partial charge in [-0.25, -0.2) is 0 Å². The molecule has 1 fully saturated rings. The molecule has 0 radical (unpaired) electrons. The van der Waals surface area contributed by atoms with Crippen molar-refractivity contribution in [2.24, 2.45) is 0 Å². The van der Waals surface area contributed by atoms with Crippen molar-refractivity contribution >= 4 is 23.1 Å². The van der Waals surface area contributed by atoms with Crippen molar-refractivity contribution in [2.45, 2.75) is 18.9 Å². The van der Waals surface area contributed by atoms with Gasteiger partial charge >= 0.3 is 0 Å². The molecule has 1 aliphatic heterocycles. The molecule has 2 unspecified atom stereocenters. The number of carbonyl (C=O) groups excluding carboxylic acids is 1. The monoisotopic (exact) mass is 394 g/mol. The highest BCUT2D eigenvalue weighted by Gasteiger charge is 2.42. The number of pyridine rings is 1. The van der Waals surface area contributed by atoms with Crippen LogP contribution in [0.5, 0.6) is 0 Å². The quantitative estimate of drug-likeness (QED) is 0.639. The normalized spacial score (nSPS) is 21.4. The summed E-state index contributed by atoms with van der Waals surface area (Å²) >= 11 is 5.91. The minimum atomic E-state index is -1.18. The lowest BCUT2D eigenvalue weighted by Gasteiger charge is -2.30. The molecule has 142 valence electrons. The first kappa shape index (κ1) is 18.6. The third kappa shape index (κ3) is 3.78. The molecule has 2 atom stereocenters. The largest absolute Gasteiger partial charge is 0.331 e. The van der Waals surface area contributed by atoms with E-state index in [1.165, 1.54) is 0 Å². The van der Waals surface area contributed by atoms with Gasteiger partial charge in [0, 0.05) is 28.0 Å². The Hall–Kier alpha value is -2.73. The standard InChI is InChI=1S/C22H19ClN2O3/c1-15-14-27-22(28-15,25-19-5-3-2-4-6-19)17-11-12-24-20(13-17)21(26)16-7-9-18(23)10-8-16/h2-13,15,25H,14H2,1H3. The van der Waals surface area contributed by atoms with Crippen LogP contribution in [-0.4, -0.2) is 23.5 Å². The van der Waals surface area contributed by atoms with Crippen molar-refractivity contribution in [3.05, 3.63) is 94.8 Å². The lowest BCUT2D eigenvalue weighted by Crippen LogP contribution is -2.37. The number of carbonyl (C=O) groups is 1. The van der Waals surface area contributed by atoms with Gasteiger partial charge in [-0.2, -0.15) is 0 Å². The van der Waals surface area contributed by atoms with Crippen LogP contribution in [0.25, 0.3) is 0 Å². The van der Waals surface area contributed by atoms with E-state index in [1.54, 1.807) is 42.6 Å². The molecule has 1 aliphatic rings. The summed E-state index contributed by atoms with van der Waals surface area (Å²) in [6.45, 7) is 2.37. The molecular formula is C22H19ClN2O3. The van der Waals surface area contributed by atoms with E-state index in [0.29, 0.717) is 28.5 Å². The Kier molecular flexibility index (Phi) is 5.13. The van der Waals surface area contributed by atoms with Gasteiger partial charge in [0.05, 0.1) is 12.7 Å². The van der Waals surface area contributed by atoms with Crippen LogP contribution >= 0.6 is 11.6 Å². The molecule has 2 heterocycles. The zero-order valence-electron chi connectivity index (χ0n) is 15.3. The van der Waals surface area contributed by atoms with Gasteiger partial charge in [-0.15, -0.1) is 0 Å². The SMILES string of the molecule is CC1COC(Nc2ccccc2)(c2ccnc(C(=O)c3ccc(Cl)cc3)c2)O1. The number of benzene rings is 2. The summed E-state index contributed by atoms with van der Waals surface area (Å²) < 4.78 is 12.1. The lowest BCUT2D eigenvalue weighted by molar-refractivity contribution is -0.151. The average Bonchev–Trinajstić information content (AvgIpc) is 3.10. The molecule has 5 nitrogen and oxygen atoms in total. The van der Waals surface area contributed by atoms with E-state index in [9.17, 15) is 4.79 Å². The van der Waals surface area contributed by atoms with Crippen LogP contribution in [-0.2, 0) is 15.4 Å². The van der Waals surface area contributed by atoms with E-state index in [1.807, 2.05) is 37.3 Å². The van der Waals surface area contributed by atoms with Crippen molar-refractivity contribution in [2.75, 3.05) is 11.9 Å². The van der Waals surface area contributed by atoms with E-state index in [2.05, 4.69) is 10.3 Å². The number of para-hydroxylation sites is 1. The summed E-state index contributed by atoms with van der Waals surface area (Å²) in [7, 11) is 0. The minimum absolute atomic E-state index is 0.0974. The zero-order chi connectivity index (χ0) is 19.6. The summed E-state index contributed by atoms with van der Waals surface area (Å²) in [4.78, 5) is 17.1. The second-order valence-corrected chi connectivity index (χ2v) is 7.05. The summed E-state index contributed by atoms with van der Waals surface area (Å²) in [6, 6.07) is 19.9. The van der Waals surface area contributed by atoms with E-state index < -0.39 is 5.91 Å². The number of halogens is 1. The number of nitrogens with zero attached hydrogens (tertiary/aromatic N) is 1. The summed E-state index contributed by atoms with van der Waals surface area (Å²) in [5, 5.41) is 3.89. The van der Waals surface area contributed by atoms with Gasteiger partial charge in [0.2, 0.25) is 5.78 Å². The van der Waals surface area contributed by atoms with E-state index >= 15 is 0 Å². The van der Waals surface area contributed by atoms with Crippen molar-refractivity contribution in [3.8, 4) is 0 Å². The Balaban J connectivity index is 1.69. The van der Waals surface area contributed by atoms with Crippen LogP contribution in [0.3, 0.4) is 0 Å². The van der Waals surface area contributed by atoms with Crippen LogP contribution in [0.15, 0.2) is 72.9 Å². The van der Waals surface area contributed by atoms with Gasteiger partial charge in [-0.05, 0) is 55.5 Å². The first-order chi connectivity index (χ1) is 13.6. The van der Waals surface area contributed by atoms with Gasteiger partial charge in [-0.3, -0.25) is 9.78 Å².